The number of aliphatic carboxylic acids is 1. The lowest BCUT2D eigenvalue weighted by Gasteiger charge is -2.34. The van der Waals surface area contributed by atoms with Gasteiger partial charge in [-0.3, -0.25) is 14.7 Å². The summed E-state index contributed by atoms with van der Waals surface area (Å²) in [6, 6.07) is 5.84. The molecule has 0 aliphatic carbocycles. The zero-order valence-corrected chi connectivity index (χ0v) is 10.3. The summed E-state index contributed by atoms with van der Waals surface area (Å²) >= 11 is 0. The summed E-state index contributed by atoms with van der Waals surface area (Å²) in [7, 11) is 0. The number of aromatic nitrogens is 1. The van der Waals surface area contributed by atoms with Crippen LogP contribution in [0.3, 0.4) is 0 Å². The van der Waals surface area contributed by atoms with Crippen LogP contribution in [0.25, 0.3) is 0 Å². The number of nitrogens with zero attached hydrogens (tertiary/aromatic N) is 2. The molecule has 2 rings (SSSR count). The summed E-state index contributed by atoms with van der Waals surface area (Å²) in [4.78, 5) is 17.3. The first-order valence-corrected chi connectivity index (χ1v) is 6.19. The minimum atomic E-state index is -0.770. The Hall–Kier alpha value is -1.46. The minimum Gasteiger partial charge on any atom is -0.481 e. The highest BCUT2D eigenvalue weighted by Crippen LogP contribution is 2.11. The maximum absolute atomic E-state index is 10.8. The van der Waals surface area contributed by atoms with E-state index in [4.69, 9.17) is 9.84 Å². The van der Waals surface area contributed by atoms with Gasteiger partial charge >= 0.3 is 5.97 Å². The van der Waals surface area contributed by atoms with E-state index in [1.54, 1.807) is 6.20 Å². The van der Waals surface area contributed by atoms with Crippen LogP contribution in [0.5, 0.6) is 0 Å². The molecule has 1 aliphatic rings. The van der Waals surface area contributed by atoms with Crippen LogP contribution in [0.15, 0.2) is 24.4 Å². The topological polar surface area (TPSA) is 62.7 Å². The molecule has 0 bridgehead atoms. The van der Waals surface area contributed by atoms with Crippen molar-refractivity contribution < 1.29 is 14.6 Å². The summed E-state index contributed by atoms with van der Waals surface area (Å²) in [5.74, 6) is -0.770. The average Bonchev–Trinajstić information content (AvgIpc) is 2.38. The fraction of sp³-hybridized carbons (Fsp3) is 0.538. The number of pyridine rings is 1. The van der Waals surface area contributed by atoms with Gasteiger partial charge in [0.1, 0.15) is 0 Å². The molecule has 2 heterocycles. The average molecular weight is 250 g/mol. The van der Waals surface area contributed by atoms with Gasteiger partial charge < -0.3 is 9.84 Å². The molecule has 5 nitrogen and oxygen atoms in total. The van der Waals surface area contributed by atoms with Crippen LogP contribution in [0.1, 0.15) is 12.1 Å². The lowest BCUT2D eigenvalue weighted by molar-refractivity contribution is -0.140. The van der Waals surface area contributed by atoms with Crippen LogP contribution in [-0.4, -0.2) is 53.3 Å². The van der Waals surface area contributed by atoms with Crippen LogP contribution < -0.4 is 0 Å². The van der Waals surface area contributed by atoms with E-state index in [0.29, 0.717) is 13.2 Å². The van der Waals surface area contributed by atoms with Gasteiger partial charge in [-0.05, 0) is 12.1 Å². The second kappa shape index (κ2) is 6.47. The van der Waals surface area contributed by atoms with Crippen LogP contribution in [-0.2, 0) is 16.0 Å². The monoisotopic (exact) mass is 250 g/mol. The predicted molar refractivity (Wildman–Crippen MR) is 66.4 cm³/mol. The largest absolute Gasteiger partial charge is 0.481 e. The molecule has 18 heavy (non-hydrogen) atoms. The number of hydrogen-bond donors (Lipinski definition) is 1. The molecular weight excluding hydrogens is 232 g/mol. The van der Waals surface area contributed by atoms with E-state index in [0.717, 1.165) is 25.2 Å². The third kappa shape index (κ3) is 3.78. The summed E-state index contributed by atoms with van der Waals surface area (Å²) in [6.07, 6.45) is 2.77. The van der Waals surface area contributed by atoms with E-state index in [1.165, 1.54) is 0 Å². The predicted octanol–water partition coefficient (Wildman–Crippen LogP) is 0.800. The van der Waals surface area contributed by atoms with E-state index >= 15 is 0 Å². The van der Waals surface area contributed by atoms with Crippen molar-refractivity contribution >= 4 is 5.97 Å². The van der Waals surface area contributed by atoms with Gasteiger partial charge in [0.2, 0.25) is 0 Å². The van der Waals surface area contributed by atoms with Crippen LogP contribution in [0.2, 0.25) is 0 Å². The third-order valence-corrected chi connectivity index (χ3v) is 3.14. The first-order valence-electron chi connectivity index (χ1n) is 6.19. The van der Waals surface area contributed by atoms with Crippen LogP contribution in [0.4, 0.5) is 0 Å². The van der Waals surface area contributed by atoms with Crippen molar-refractivity contribution in [3.63, 3.8) is 0 Å². The summed E-state index contributed by atoms with van der Waals surface area (Å²) < 4.78 is 5.34. The number of rotatable bonds is 5. The molecule has 0 spiro atoms. The summed E-state index contributed by atoms with van der Waals surface area (Å²) in [6.45, 7) is 2.82. The number of carboxylic acids is 1. The zero-order valence-electron chi connectivity index (χ0n) is 10.3. The maximum Gasteiger partial charge on any atom is 0.305 e. The van der Waals surface area contributed by atoms with Gasteiger partial charge in [0, 0.05) is 37.4 Å². The summed E-state index contributed by atoms with van der Waals surface area (Å²) in [5, 5.41) is 8.87. The highest BCUT2D eigenvalue weighted by atomic mass is 16.5. The number of carbonyl (C=O) groups is 1. The lowest BCUT2D eigenvalue weighted by Crippen LogP contribution is -2.47. The van der Waals surface area contributed by atoms with Crippen molar-refractivity contribution in [2.45, 2.75) is 18.9 Å². The van der Waals surface area contributed by atoms with E-state index < -0.39 is 5.97 Å². The Kier molecular flexibility index (Phi) is 4.66. The highest BCUT2D eigenvalue weighted by molar-refractivity contribution is 5.67. The molecule has 0 amide bonds. The van der Waals surface area contributed by atoms with E-state index in [2.05, 4.69) is 9.88 Å². The first-order chi connectivity index (χ1) is 8.75. The van der Waals surface area contributed by atoms with Gasteiger partial charge in [-0.25, -0.2) is 0 Å². The number of hydrogen-bond acceptors (Lipinski definition) is 4. The molecule has 1 unspecified atom stereocenters. The molecule has 0 aromatic carbocycles. The van der Waals surface area contributed by atoms with Gasteiger partial charge in [0.25, 0.3) is 0 Å². The number of carboxylic acid groups (broad SMARTS) is 1. The molecule has 1 aromatic heterocycles. The fourth-order valence-electron chi connectivity index (χ4n) is 2.18. The van der Waals surface area contributed by atoms with Crippen molar-refractivity contribution in [3.8, 4) is 0 Å². The molecule has 1 atom stereocenters. The van der Waals surface area contributed by atoms with E-state index in [9.17, 15) is 4.79 Å². The normalized spacial score (nSPS) is 20.8. The van der Waals surface area contributed by atoms with Crippen molar-refractivity contribution in [2.24, 2.45) is 0 Å². The Morgan fingerprint density at radius 2 is 2.44 bits per heavy atom. The molecule has 1 fully saturated rings. The second-order valence-corrected chi connectivity index (χ2v) is 4.43. The molecule has 1 aliphatic heterocycles. The Bertz CT molecular complexity index is 383. The van der Waals surface area contributed by atoms with E-state index in [-0.39, 0.29) is 12.5 Å². The Morgan fingerprint density at radius 3 is 3.17 bits per heavy atom. The highest BCUT2D eigenvalue weighted by Gasteiger charge is 2.24. The molecule has 1 aromatic rings. The number of morpholine rings is 1. The molecule has 98 valence electrons. The van der Waals surface area contributed by atoms with E-state index in [1.807, 2.05) is 18.2 Å². The van der Waals surface area contributed by atoms with Gasteiger partial charge in [-0.15, -0.1) is 0 Å². The zero-order chi connectivity index (χ0) is 12.8. The lowest BCUT2D eigenvalue weighted by atomic mass is 10.1. The Balaban J connectivity index is 1.87. The molecule has 0 radical (unpaired) electrons. The SMILES string of the molecule is O=C(O)CC1COCCN1CCc1ccccn1. The fourth-order valence-corrected chi connectivity index (χ4v) is 2.18. The standard InChI is InChI=1S/C13H18N2O3/c16-13(17)9-12-10-18-8-7-15(12)6-4-11-3-1-2-5-14-11/h1-3,5,12H,4,6-10H2,(H,16,17). The molecule has 1 saturated heterocycles. The Morgan fingerprint density at radius 1 is 1.56 bits per heavy atom. The van der Waals surface area contributed by atoms with Gasteiger partial charge in [-0.2, -0.15) is 0 Å². The van der Waals surface area contributed by atoms with Gasteiger partial charge in [0.05, 0.1) is 19.6 Å². The quantitative estimate of drug-likeness (QED) is 0.837. The molecular formula is C13H18N2O3. The van der Waals surface area contributed by atoms with Crippen LogP contribution in [0, 0.1) is 0 Å². The maximum atomic E-state index is 10.8. The second-order valence-electron chi connectivity index (χ2n) is 4.43. The van der Waals surface area contributed by atoms with Gasteiger partial charge in [0.15, 0.2) is 0 Å². The van der Waals surface area contributed by atoms with Gasteiger partial charge in [-0.1, -0.05) is 6.07 Å². The summed E-state index contributed by atoms with van der Waals surface area (Å²) in [5.41, 5.74) is 1.04. The van der Waals surface area contributed by atoms with Crippen molar-refractivity contribution in [1.29, 1.82) is 0 Å². The van der Waals surface area contributed by atoms with Crippen molar-refractivity contribution in [1.82, 2.24) is 9.88 Å². The molecule has 0 saturated carbocycles. The molecule has 1 N–H and O–H groups in total. The molecule has 5 heteroatoms. The third-order valence-electron chi connectivity index (χ3n) is 3.14. The van der Waals surface area contributed by atoms with Crippen LogP contribution >= 0.6 is 0 Å². The first kappa shape index (κ1) is 13.0. The van der Waals surface area contributed by atoms with Crippen molar-refractivity contribution in [2.75, 3.05) is 26.3 Å². The number of ether oxygens (including phenoxy) is 1. The van der Waals surface area contributed by atoms with Crippen molar-refractivity contribution in [3.05, 3.63) is 30.1 Å². The minimum absolute atomic E-state index is 0.0139. The smallest absolute Gasteiger partial charge is 0.305 e. The Labute approximate surface area is 106 Å².